The summed E-state index contributed by atoms with van der Waals surface area (Å²) in [7, 11) is 0. The van der Waals surface area contributed by atoms with Gasteiger partial charge in [0.1, 0.15) is 5.69 Å². The van der Waals surface area contributed by atoms with Crippen LogP contribution in [0.15, 0.2) is 30.5 Å². The van der Waals surface area contributed by atoms with Crippen LogP contribution in [0.2, 0.25) is 10.0 Å². The standard InChI is InChI=1S/C12H5Cl2F2NO/c13-6-4-8(14)11(17-5-6)12(18)7-2-1-3-9(15)10(7)16/h1-5H. The van der Waals surface area contributed by atoms with Crippen LogP contribution >= 0.6 is 23.2 Å². The van der Waals surface area contributed by atoms with Crippen LogP contribution in [0.4, 0.5) is 8.78 Å². The van der Waals surface area contributed by atoms with E-state index in [4.69, 9.17) is 23.2 Å². The summed E-state index contributed by atoms with van der Waals surface area (Å²) in [5.74, 6) is -3.13. The van der Waals surface area contributed by atoms with Gasteiger partial charge in [-0.25, -0.2) is 13.8 Å². The molecule has 0 aliphatic carbocycles. The lowest BCUT2D eigenvalue weighted by Crippen LogP contribution is -2.08. The first-order chi connectivity index (χ1) is 8.50. The first-order valence-electron chi connectivity index (χ1n) is 4.80. The summed E-state index contributed by atoms with van der Waals surface area (Å²) < 4.78 is 26.5. The van der Waals surface area contributed by atoms with Gasteiger partial charge in [0.25, 0.3) is 0 Å². The van der Waals surface area contributed by atoms with Crippen LogP contribution in [0.5, 0.6) is 0 Å². The summed E-state index contributed by atoms with van der Waals surface area (Å²) in [6.07, 6.45) is 1.21. The quantitative estimate of drug-likeness (QED) is 0.784. The van der Waals surface area contributed by atoms with Crippen molar-refractivity contribution in [2.24, 2.45) is 0 Å². The topological polar surface area (TPSA) is 30.0 Å². The smallest absolute Gasteiger partial charge is 0.215 e. The molecule has 1 aromatic heterocycles. The highest BCUT2D eigenvalue weighted by Gasteiger charge is 2.20. The minimum absolute atomic E-state index is 0.0174. The molecule has 6 heteroatoms. The molecule has 0 fully saturated rings. The molecule has 2 rings (SSSR count). The van der Waals surface area contributed by atoms with Gasteiger partial charge < -0.3 is 0 Å². The summed E-state index contributed by atoms with van der Waals surface area (Å²) in [4.78, 5) is 15.7. The fourth-order valence-corrected chi connectivity index (χ4v) is 1.85. The molecular weight excluding hydrogens is 283 g/mol. The average Bonchev–Trinajstić information content (AvgIpc) is 2.32. The number of aromatic nitrogens is 1. The number of benzene rings is 1. The Morgan fingerprint density at radius 1 is 1.22 bits per heavy atom. The Bertz CT molecular complexity index is 631. The molecule has 0 saturated heterocycles. The van der Waals surface area contributed by atoms with Crippen LogP contribution in [0.25, 0.3) is 0 Å². The Hall–Kier alpha value is -1.52. The molecule has 2 aromatic rings. The maximum atomic E-state index is 13.5. The Morgan fingerprint density at radius 2 is 1.94 bits per heavy atom. The van der Waals surface area contributed by atoms with Gasteiger partial charge in [0.2, 0.25) is 5.78 Å². The number of ketones is 1. The summed E-state index contributed by atoms with van der Waals surface area (Å²) in [6, 6.07) is 4.62. The molecule has 0 unspecified atom stereocenters. The maximum absolute atomic E-state index is 13.5. The lowest BCUT2D eigenvalue weighted by atomic mass is 10.1. The van der Waals surface area contributed by atoms with Gasteiger partial charge >= 0.3 is 0 Å². The molecule has 1 aromatic carbocycles. The highest BCUT2D eigenvalue weighted by Crippen LogP contribution is 2.22. The Morgan fingerprint density at radius 3 is 2.61 bits per heavy atom. The average molecular weight is 288 g/mol. The van der Waals surface area contributed by atoms with E-state index in [9.17, 15) is 13.6 Å². The van der Waals surface area contributed by atoms with E-state index in [1.165, 1.54) is 18.3 Å². The lowest BCUT2D eigenvalue weighted by Gasteiger charge is -2.04. The number of rotatable bonds is 2. The number of hydrogen-bond acceptors (Lipinski definition) is 2. The fraction of sp³-hybridized carbons (Fsp3) is 0. The SMILES string of the molecule is O=C(c1cccc(F)c1F)c1ncc(Cl)cc1Cl. The summed E-state index contributed by atoms with van der Waals surface area (Å²) in [5.41, 5.74) is -0.600. The Balaban J connectivity index is 2.51. The van der Waals surface area contributed by atoms with Crippen LogP contribution in [-0.4, -0.2) is 10.8 Å². The van der Waals surface area contributed by atoms with Crippen LogP contribution in [0.1, 0.15) is 16.1 Å². The molecule has 0 aliphatic heterocycles. The first-order valence-corrected chi connectivity index (χ1v) is 5.56. The van der Waals surface area contributed by atoms with E-state index in [0.29, 0.717) is 0 Å². The van der Waals surface area contributed by atoms with Crippen LogP contribution < -0.4 is 0 Å². The molecule has 0 amide bonds. The third kappa shape index (κ3) is 2.35. The number of hydrogen-bond donors (Lipinski definition) is 0. The number of pyridine rings is 1. The second-order valence-corrected chi connectivity index (χ2v) is 4.26. The molecule has 0 N–H and O–H groups in total. The van der Waals surface area contributed by atoms with E-state index in [2.05, 4.69) is 4.98 Å². The van der Waals surface area contributed by atoms with E-state index < -0.39 is 23.0 Å². The molecule has 0 spiro atoms. The molecule has 0 aliphatic rings. The molecule has 92 valence electrons. The lowest BCUT2D eigenvalue weighted by molar-refractivity contribution is 0.103. The van der Waals surface area contributed by atoms with Crippen molar-refractivity contribution in [2.75, 3.05) is 0 Å². The zero-order valence-electron chi connectivity index (χ0n) is 8.75. The van der Waals surface area contributed by atoms with Gasteiger partial charge in [0.15, 0.2) is 11.6 Å². The predicted octanol–water partition coefficient (Wildman–Crippen LogP) is 3.90. The minimum Gasteiger partial charge on any atom is -0.287 e. The van der Waals surface area contributed by atoms with Crippen molar-refractivity contribution in [2.45, 2.75) is 0 Å². The van der Waals surface area contributed by atoms with E-state index in [0.717, 1.165) is 12.1 Å². The fourth-order valence-electron chi connectivity index (χ4n) is 1.39. The second kappa shape index (κ2) is 5.00. The minimum atomic E-state index is -1.23. The van der Waals surface area contributed by atoms with Crippen molar-refractivity contribution < 1.29 is 13.6 Å². The van der Waals surface area contributed by atoms with Gasteiger partial charge in [-0.1, -0.05) is 29.3 Å². The van der Waals surface area contributed by atoms with Gasteiger partial charge in [-0.05, 0) is 18.2 Å². The first kappa shape index (κ1) is 12.9. The van der Waals surface area contributed by atoms with E-state index in [-0.39, 0.29) is 15.7 Å². The molecule has 18 heavy (non-hydrogen) atoms. The van der Waals surface area contributed by atoms with Crippen molar-refractivity contribution in [3.63, 3.8) is 0 Å². The van der Waals surface area contributed by atoms with Gasteiger partial charge in [0, 0.05) is 6.20 Å². The third-order valence-corrected chi connectivity index (χ3v) is 2.71. The summed E-state index contributed by atoms with van der Waals surface area (Å²) in [6.45, 7) is 0. The Labute approximate surface area is 111 Å². The van der Waals surface area contributed by atoms with E-state index in [1.54, 1.807) is 0 Å². The predicted molar refractivity (Wildman–Crippen MR) is 64.0 cm³/mol. The van der Waals surface area contributed by atoms with E-state index >= 15 is 0 Å². The summed E-state index contributed by atoms with van der Waals surface area (Å²) in [5, 5.41) is 0.229. The zero-order chi connectivity index (χ0) is 13.3. The number of carbonyl (C=O) groups is 1. The van der Waals surface area contributed by atoms with Crippen molar-refractivity contribution >= 4 is 29.0 Å². The molecular formula is C12H5Cl2F2NO. The van der Waals surface area contributed by atoms with Crippen LogP contribution in [0.3, 0.4) is 0 Å². The molecule has 2 nitrogen and oxygen atoms in total. The second-order valence-electron chi connectivity index (χ2n) is 3.41. The molecule has 0 saturated carbocycles. The maximum Gasteiger partial charge on any atom is 0.215 e. The van der Waals surface area contributed by atoms with Gasteiger partial charge in [-0.2, -0.15) is 0 Å². The highest BCUT2D eigenvalue weighted by molar-refractivity contribution is 6.37. The van der Waals surface area contributed by atoms with Crippen molar-refractivity contribution in [1.29, 1.82) is 0 Å². The van der Waals surface area contributed by atoms with Gasteiger partial charge in [-0.3, -0.25) is 4.79 Å². The zero-order valence-corrected chi connectivity index (χ0v) is 10.3. The van der Waals surface area contributed by atoms with Crippen molar-refractivity contribution in [1.82, 2.24) is 4.98 Å². The third-order valence-electron chi connectivity index (χ3n) is 2.22. The number of halogens is 4. The monoisotopic (exact) mass is 287 g/mol. The van der Waals surface area contributed by atoms with Crippen molar-refractivity contribution in [3.8, 4) is 0 Å². The molecule has 0 radical (unpaired) electrons. The van der Waals surface area contributed by atoms with Gasteiger partial charge in [0.05, 0.1) is 15.6 Å². The number of nitrogens with zero attached hydrogens (tertiary/aromatic N) is 1. The normalized spacial score (nSPS) is 10.4. The highest BCUT2D eigenvalue weighted by atomic mass is 35.5. The number of carbonyl (C=O) groups excluding carboxylic acids is 1. The van der Waals surface area contributed by atoms with Crippen molar-refractivity contribution in [3.05, 3.63) is 63.4 Å². The molecule has 0 bridgehead atoms. The van der Waals surface area contributed by atoms with E-state index in [1.807, 2.05) is 0 Å². The largest absolute Gasteiger partial charge is 0.287 e. The Kier molecular flexibility index (Phi) is 3.59. The molecule has 0 atom stereocenters. The molecule has 1 heterocycles. The van der Waals surface area contributed by atoms with Gasteiger partial charge in [-0.15, -0.1) is 0 Å². The van der Waals surface area contributed by atoms with Crippen LogP contribution in [-0.2, 0) is 0 Å². The van der Waals surface area contributed by atoms with Crippen LogP contribution in [0, 0.1) is 11.6 Å². The summed E-state index contributed by atoms with van der Waals surface area (Å²) >= 11 is 11.4.